The van der Waals surface area contributed by atoms with Crippen LogP contribution in [0.15, 0.2) is 46.8 Å². The molecule has 1 aromatic heterocycles. The number of aryl methyl sites for hydroxylation is 1. The summed E-state index contributed by atoms with van der Waals surface area (Å²) in [7, 11) is 1.71. The first kappa shape index (κ1) is 25.2. The van der Waals surface area contributed by atoms with E-state index in [1.807, 2.05) is 0 Å². The van der Waals surface area contributed by atoms with Crippen molar-refractivity contribution in [1.82, 2.24) is 25.1 Å². The molecule has 35 heavy (non-hydrogen) atoms. The van der Waals surface area contributed by atoms with Crippen molar-refractivity contribution in [3.8, 4) is 0 Å². The molecular weight excluding hydrogens is 492 g/mol. The summed E-state index contributed by atoms with van der Waals surface area (Å²) >= 11 is 2.82. The first-order valence-electron chi connectivity index (χ1n) is 10.8. The molecule has 2 N–H and O–H groups in total. The zero-order valence-electron chi connectivity index (χ0n) is 19.7. The minimum absolute atomic E-state index is 0.121. The van der Waals surface area contributed by atoms with Crippen LogP contribution in [0.1, 0.15) is 32.6 Å². The van der Waals surface area contributed by atoms with E-state index in [4.69, 9.17) is 15.2 Å². The molecule has 0 bridgehead atoms. The lowest BCUT2D eigenvalue weighted by atomic mass is 9.97. The minimum Gasteiger partial charge on any atom is -0.420 e. The molecule has 1 amide bonds. The van der Waals surface area contributed by atoms with E-state index < -0.39 is 29.7 Å². The Balaban J connectivity index is 1.63. The molecule has 2 aliphatic rings. The number of amides is 1. The van der Waals surface area contributed by atoms with E-state index in [2.05, 4.69) is 15.5 Å². The number of tetrazole rings is 1. The third kappa shape index (κ3) is 5.21. The largest absolute Gasteiger partial charge is 0.420 e. The lowest BCUT2D eigenvalue weighted by Gasteiger charge is -2.48. The van der Waals surface area contributed by atoms with Gasteiger partial charge >= 0.3 is 11.9 Å². The summed E-state index contributed by atoms with van der Waals surface area (Å²) in [6.07, 6.45) is -1.28. The van der Waals surface area contributed by atoms with Crippen molar-refractivity contribution >= 4 is 41.4 Å². The van der Waals surface area contributed by atoms with E-state index in [-0.39, 0.29) is 17.0 Å². The zero-order chi connectivity index (χ0) is 25.3. The van der Waals surface area contributed by atoms with Crippen molar-refractivity contribution in [3.05, 3.63) is 47.2 Å². The summed E-state index contributed by atoms with van der Waals surface area (Å²) in [6, 6.07) is 8.01. The van der Waals surface area contributed by atoms with Crippen LogP contribution in [0.5, 0.6) is 0 Å². The van der Waals surface area contributed by atoms with Crippen LogP contribution in [0.3, 0.4) is 0 Å². The van der Waals surface area contributed by atoms with Crippen molar-refractivity contribution in [2.75, 3.05) is 11.5 Å². The Hall–Kier alpha value is -2.90. The van der Waals surface area contributed by atoms with Gasteiger partial charge in [-0.05, 0) is 36.8 Å². The zero-order valence-corrected chi connectivity index (χ0v) is 21.3. The van der Waals surface area contributed by atoms with Gasteiger partial charge in [-0.3, -0.25) is 14.5 Å². The molecule has 2 aromatic rings. The Kier molecular flexibility index (Phi) is 7.20. The van der Waals surface area contributed by atoms with Gasteiger partial charge in [-0.15, -0.1) is 16.9 Å². The lowest BCUT2D eigenvalue weighted by Crippen LogP contribution is -2.68. The van der Waals surface area contributed by atoms with E-state index in [9.17, 15) is 14.4 Å². The van der Waals surface area contributed by atoms with Crippen molar-refractivity contribution in [3.63, 3.8) is 0 Å². The standard InChI is InChI=1S/C22H26N6O5S2/c1-22(2,3)20(31)33-19(12-8-6-5-7-9-12)32-18(30)15-13(11-35-21-24-25-26-27(21)4)10-34-17-14(23)16(29)28(15)17/h5-9,14,17,19H,10-11,23H2,1-4H3. The summed E-state index contributed by atoms with van der Waals surface area (Å²) in [5, 5.41) is 11.6. The van der Waals surface area contributed by atoms with E-state index in [0.29, 0.717) is 27.8 Å². The summed E-state index contributed by atoms with van der Waals surface area (Å²) in [6.45, 7) is 5.13. The highest BCUT2D eigenvalue weighted by Crippen LogP contribution is 2.41. The highest BCUT2D eigenvalue weighted by atomic mass is 32.2. The Morgan fingerprint density at radius 1 is 1.26 bits per heavy atom. The highest BCUT2D eigenvalue weighted by molar-refractivity contribution is 8.01. The van der Waals surface area contributed by atoms with Crippen LogP contribution >= 0.6 is 23.5 Å². The molecule has 3 atom stereocenters. The number of nitrogens with zero attached hydrogens (tertiary/aromatic N) is 5. The van der Waals surface area contributed by atoms with Gasteiger partial charge in [-0.2, -0.15) is 0 Å². The number of carbonyl (C=O) groups is 3. The quantitative estimate of drug-likeness (QED) is 0.247. The Labute approximate surface area is 210 Å². The number of fused-ring (bicyclic) bond motifs is 1. The van der Waals surface area contributed by atoms with Crippen LogP contribution in [0.25, 0.3) is 0 Å². The predicted octanol–water partition coefficient (Wildman–Crippen LogP) is 1.63. The van der Waals surface area contributed by atoms with Gasteiger partial charge in [0.15, 0.2) is 0 Å². The number of carbonyl (C=O) groups excluding carboxylic acids is 3. The maximum Gasteiger partial charge on any atom is 0.358 e. The monoisotopic (exact) mass is 518 g/mol. The number of hydrogen-bond acceptors (Lipinski definition) is 11. The highest BCUT2D eigenvalue weighted by Gasteiger charge is 2.52. The molecule has 2 aliphatic heterocycles. The van der Waals surface area contributed by atoms with Crippen molar-refractivity contribution < 1.29 is 23.9 Å². The van der Waals surface area contributed by atoms with Crippen LogP contribution in [0.2, 0.25) is 0 Å². The third-order valence-corrected chi connectivity index (χ3v) is 7.81. The average Bonchev–Trinajstić information content (AvgIpc) is 3.25. The molecule has 4 rings (SSSR count). The molecule has 13 heteroatoms. The molecule has 3 heterocycles. The van der Waals surface area contributed by atoms with Gasteiger partial charge in [0.2, 0.25) is 11.1 Å². The average molecular weight is 519 g/mol. The van der Waals surface area contributed by atoms with Gasteiger partial charge in [0.1, 0.15) is 17.1 Å². The molecule has 1 aromatic carbocycles. The van der Waals surface area contributed by atoms with Gasteiger partial charge in [0.25, 0.3) is 6.29 Å². The van der Waals surface area contributed by atoms with Gasteiger partial charge in [-0.25, -0.2) is 9.48 Å². The van der Waals surface area contributed by atoms with E-state index in [1.165, 1.54) is 33.1 Å². The molecular formula is C22H26N6O5S2. The molecule has 186 valence electrons. The molecule has 1 saturated heterocycles. The van der Waals surface area contributed by atoms with E-state index in [0.717, 1.165) is 0 Å². The summed E-state index contributed by atoms with van der Waals surface area (Å²) in [4.78, 5) is 40.1. The van der Waals surface area contributed by atoms with Gasteiger partial charge in [0, 0.05) is 24.1 Å². The van der Waals surface area contributed by atoms with Crippen molar-refractivity contribution in [2.24, 2.45) is 18.2 Å². The molecule has 3 unspecified atom stereocenters. The number of β-lactam (4-membered cyclic amide) rings is 1. The fourth-order valence-electron chi connectivity index (χ4n) is 3.37. The summed E-state index contributed by atoms with van der Waals surface area (Å²) < 4.78 is 12.8. The molecule has 0 saturated carbocycles. The predicted molar refractivity (Wildman–Crippen MR) is 128 cm³/mol. The summed E-state index contributed by atoms with van der Waals surface area (Å²) in [5.74, 6) is -0.826. The Morgan fingerprint density at radius 3 is 2.60 bits per heavy atom. The second-order valence-corrected chi connectivity index (χ2v) is 11.1. The van der Waals surface area contributed by atoms with Crippen molar-refractivity contribution in [2.45, 2.75) is 43.6 Å². The topological polar surface area (TPSA) is 143 Å². The second-order valence-electron chi connectivity index (χ2n) is 9.06. The fraction of sp³-hybridized carbons (Fsp3) is 0.455. The normalized spacial score (nSPS) is 20.7. The number of esters is 2. The molecule has 0 radical (unpaired) electrons. The van der Waals surface area contributed by atoms with Gasteiger partial charge < -0.3 is 15.2 Å². The van der Waals surface area contributed by atoms with Gasteiger partial charge in [-0.1, -0.05) is 42.1 Å². The molecule has 0 aliphatic carbocycles. The number of nitrogens with two attached hydrogens (primary N) is 1. The van der Waals surface area contributed by atoms with Crippen LogP contribution < -0.4 is 5.73 Å². The second kappa shape index (κ2) is 9.99. The number of aromatic nitrogens is 4. The maximum absolute atomic E-state index is 13.5. The SMILES string of the molecule is Cn1nnnc1SCC1=C(C(=O)OC(OC(=O)C(C)(C)C)c2ccccc2)N2C(=O)C(N)C2SC1. The van der Waals surface area contributed by atoms with Crippen molar-refractivity contribution in [1.29, 1.82) is 0 Å². The first-order chi connectivity index (χ1) is 16.6. The summed E-state index contributed by atoms with van der Waals surface area (Å²) in [5.41, 5.74) is 6.46. The number of rotatable bonds is 7. The fourth-order valence-corrected chi connectivity index (χ4v) is 5.65. The smallest absolute Gasteiger partial charge is 0.358 e. The number of hydrogen-bond donors (Lipinski definition) is 1. The number of thioether (sulfide) groups is 2. The van der Waals surface area contributed by atoms with Crippen LogP contribution in [-0.2, 0) is 30.9 Å². The number of benzene rings is 1. The van der Waals surface area contributed by atoms with Crippen LogP contribution in [0, 0.1) is 5.41 Å². The van der Waals surface area contributed by atoms with Crippen LogP contribution in [0.4, 0.5) is 0 Å². The molecule has 0 spiro atoms. The number of ether oxygens (including phenoxy) is 2. The maximum atomic E-state index is 13.5. The Morgan fingerprint density at radius 2 is 1.97 bits per heavy atom. The third-order valence-electron chi connectivity index (χ3n) is 5.35. The lowest BCUT2D eigenvalue weighted by molar-refractivity contribution is -0.195. The Bertz CT molecular complexity index is 1160. The first-order valence-corrected chi connectivity index (χ1v) is 12.9. The van der Waals surface area contributed by atoms with E-state index in [1.54, 1.807) is 58.2 Å². The van der Waals surface area contributed by atoms with Gasteiger partial charge in [0.05, 0.1) is 5.41 Å². The molecule has 11 nitrogen and oxygen atoms in total. The minimum atomic E-state index is -1.28. The molecule has 1 fully saturated rings. The van der Waals surface area contributed by atoms with Crippen LogP contribution in [-0.4, -0.2) is 65.9 Å². The van der Waals surface area contributed by atoms with E-state index >= 15 is 0 Å².